The van der Waals surface area contributed by atoms with Gasteiger partial charge in [-0.2, -0.15) is 4.21 Å². The van der Waals surface area contributed by atoms with E-state index < -0.39 is 11.4 Å². The Morgan fingerprint density at radius 3 is 2.18 bits per heavy atom. The van der Waals surface area contributed by atoms with Gasteiger partial charge in [-0.05, 0) is 30.7 Å². The third kappa shape index (κ3) is 3.11. The van der Waals surface area contributed by atoms with Crippen molar-refractivity contribution in [3.63, 3.8) is 0 Å². The minimum atomic E-state index is -2.54. The monoisotopic (exact) mass is 394 g/mol. The quantitative estimate of drug-likeness (QED) is 0.525. The molecule has 140 valence electrons. The molecule has 1 unspecified atom stereocenters. The lowest BCUT2D eigenvalue weighted by atomic mass is 9.83. The molecular formula is C21H14O6S. The van der Waals surface area contributed by atoms with Crippen molar-refractivity contribution in [3.05, 3.63) is 88.5 Å². The Kier molecular flexibility index (Phi) is 4.54. The highest BCUT2D eigenvalue weighted by atomic mass is 32.2. The average Bonchev–Trinajstić information content (AvgIpc) is 2.67. The first-order valence-electron chi connectivity index (χ1n) is 8.35. The highest BCUT2D eigenvalue weighted by Gasteiger charge is 2.32. The second kappa shape index (κ2) is 7.03. The summed E-state index contributed by atoms with van der Waals surface area (Å²) in [5, 5.41) is 0. The summed E-state index contributed by atoms with van der Waals surface area (Å²) in [5.74, 6) is -0.203. The van der Waals surface area contributed by atoms with E-state index in [0.29, 0.717) is 11.1 Å². The Bertz CT molecular complexity index is 1150. The molecule has 4 rings (SSSR count). The SMILES string of the molecule is Cc1ccc(Oc2cccc3c2C(=O)c2ccccc2C3=O)c(OS(=O)O)c1. The van der Waals surface area contributed by atoms with Crippen LogP contribution < -0.4 is 8.92 Å². The van der Waals surface area contributed by atoms with Crippen molar-refractivity contribution >= 4 is 22.9 Å². The molecule has 0 bridgehead atoms. The first-order valence-corrected chi connectivity index (χ1v) is 9.38. The number of aryl methyl sites for hydroxylation is 1. The largest absolute Gasteiger partial charge is 0.453 e. The molecule has 1 aliphatic rings. The van der Waals surface area contributed by atoms with Gasteiger partial charge in [-0.25, -0.2) is 0 Å². The Labute approximate surface area is 163 Å². The van der Waals surface area contributed by atoms with Gasteiger partial charge in [0.15, 0.2) is 23.1 Å². The van der Waals surface area contributed by atoms with Crippen molar-refractivity contribution in [1.82, 2.24) is 0 Å². The molecular weight excluding hydrogens is 380 g/mol. The number of carbonyl (C=O) groups excluding carboxylic acids is 2. The minimum Gasteiger partial charge on any atom is -0.453 e. The molecule has 0 heterocycles. The Hall–Kier alpha value is -3.29. The Morgan fingerprint density at radius 2 is 1.46 bits per heavy atom. The predicted molar refractivity (Wildman–Crippen MR) is 102 cm³/mol. The molecule has 1 N–H and O–H groups in total. The predicted octanol–water partition coefficient (Wildman–Crippen LogP) is 4.08. The molecule has 3 aromatic rings. The van der Waals surface area contributed by atoms with Crippen LogP contribution in [-0.4, -0.2) is 20.3 Å². The van der Waals surface area contributed by atoms with E-state index in [1.807, 2.05) is 0 Å². The number of hydrogen-bond acceptors (Lipinski definition) is 5. The van der Waals surface area contributed by atoms with E-state index in [2.05, 4.69) is 0 Å². The van der Waals surface area contributed by atoms with Crippen LogP contribution >= 0.6 is 0 Å². The fourth-order valence-corrected chi connectivity index (χ4v) is 3.44. The third-order valence-corrected chi connectivity index (χ3v) is 4.72. The normalized spacial score (nSPS) is 13.5. The molecule has 1 aliphatic carbocycles. The van der Waals surface area contributed by atoms with E-state index in [1.165, 1.54) is 0 Å². The number of hydrogen-bond donors (Lipinski definition) is 1. The first kappa shape index (κ1) is 18.1. The molecule has 0 saturated heterocycles. The van der Waals surface area contributed by atoms with Crippen LogP contribution in [0, 0.1) is 6.92 Å². The van der Waals surface area contributed by atoms with Crippen LogP contribution in [0.15, 0.2) is 60.7 Å². The fourth-order valence-electron chi connectivity index (χ4n) is 3.16. The summed E-state index contributed by atoms with van der Waals surface area (Å²) in [4.78, 5) is 25.8. The molecule has 6 nitrogen and oxygen atoms in total. The Balaban J connectivity index is 1.82. The van der Waals surface area contributed by atoms with Gasteiger partial charge < -0.3 is 8.92 Å². The summed E-state index contributed by atoms with van der Waals surface area (Å²) in [7, 11) is 0. The van der Waals surface area contributed by atoms with Crippen molar-refractivity contribution in [2.75, 3.05) is 0 Å². The van der Waals surface area contributed by atoms with Gasteiger partial charge in [0.05, 0.1) is 5.56 Å². The summed E-state index contributed by atoms with van der Waals surface area (Å²) in [6.07, 6.45) is 0. The molecule has 0 amide bonds. The van der Waals surface area contributed by atoms with Gasteiger partial charge in [0.25, 0.3) is 0 Å². The number of ether oxygens (including phenoxy) is 1. The maximum atomic E-state index is 13.0. The van der Waals surface area contributed by atoms with Gasteiger partial charge in [-0.3, -0.25) is 14.1 Å². The van der Waals surface area contributed by atoms with Crippen LogP contribution in [0.2, 0.25) is 0 Å². The van der Waals surface area contributed by atoms with E-state index >= 15 is 0 Å². The van der Waals surface area contributed by atoms with E-state index in [4.69, 9.17) is 13.5 Å². The molecule has 0 radical (unpaired) electrons. The second-order valence-corrected chi connectivity index (χ2v) is 6.84. The fraction of sp³-hybridized carbons (Fsp3) is 0.0476. The van der Waals surface area contributed by atoms with Gasteiger partial charge in [-0.15, -0.1) is 0 Å². The lowest BCUT2D eigenvalue weighted by Crippen LogP contribution is -2.21. The van der Waals surface area contributed by atoms with Gasteiger partial charge in [-0.1, -0.05) is 42.5 Å². The summed E-state index contributed by atoms with van der Waals surface area (Å²) in [5.41, 5.74) is 1.87. The number of rotatable bonds is 4. The van der Waals surface area contributed by atoms with Crippen LogP contribution in [0.5, 0.6) is 17.2 Å². The first-order chi connectivity index (χ1) is 13.5. The van der Waals surface area contributed by atoms with Crippen LogP contribution in [-0.2, 0) is 11.4 Å². The standard InChI is InChI=1S/C21H14O6S/c1-12-9-10-16(18(11-12)27-28(24)25)26-17-8-4-7-15-19(17)21(23)14-6-3-2-5-13(14)20(15)22/h2-11H,1H3,(H,24,25). The molecule has 0 aromatic heterocycles. The number of carbonyl (C=O) groups is 2. The zero-order chi connectivity index (χ0) is 19.8. The molecule has 0 spiro atoms. The zero-order valence-corrected chi connectivity index (χ0v) is 15.5. The zero-order valence-electron chi connectivity index (χ0n) is 14.7. The number of ketones is 2. The van der Waals surface area contributed by atoms with Gasteiger partial charge in [0, 0.05) is 16.7 Å². The summed E-state index contributed by atoms with van der Waals surface area (Å²) < 4.78 is 30.9. The molecule has 3 aromatic carbocycles. The molecule has 1 atom stereocenters. The highest BCUT2D eigenvalue weighted by Crippen LogP contribution is 2.38. The molecule has 28 heavy (non-hydrogen) atoms. The lowest BCUT2D eigenvalue weighted by molar-refractivity contribution is 0.0977. The van der Waals surface area contributed by atoms with Crippen LogP contribution in [0.1, 0.15) is 37.4 Å². The molecule has 7 heteroatoms. The maximum Gasteiger partial charge on any atom is 0.357 e. The van der Waals surface area contributed by atoms with Crippen molar-refractivity contribution in [2.24, 2.45) is 0 Å². The van der Waals surface area contributed by atoms with E-state index in [-0.39, 0.29) is 39.9 Å². The van der Waals surface area contributed by atoms with Crippen LogP contribution in [0.3, 0.4) is 0 Å². The highest BCUT2D eigenvalue weighted by molar-refractivity contribution is 7.74. The lowest BCUT2D eigenvalue weighted by Gasteiger charge is -2.20. The van der Waals surface area contributed by atoms with Gasteiger partial charge >= 0.3 is 11.4 Å². The van der Waals surface area contributed by atoms with Crippen molar-refractivity contribution < 1.29 is 27.3 Å². The summed E-state index contributed by atoms with van der Waals surface area (Å²) in [6, 6.07) is 16.2. The third-order valence-electron chi connectivity index (χ3n) is 4.39. The van der Waals surface area contributed by atoms with Crippen molar-refractivity contribution in [1.29, 1.82) is 0 Å². The van der Waals surface area contributed by atoms with Crippen molar-refractivity contribution in [2.45, 2.75) is 6.92 Å². The van der Waals surface area contributed by atoms with Crippen LogP contribution in [0.4, 0.5) is 0 Å². The molecule has 0 saturated carbocycles. The Morgan fingerprint density at radius 1 is 0.786 bits per heavy atom. The topological polar surface area (TPSA) is 89.9 Å². The molecule has 0 aliphatic heterocycles. The molecule has 0 fully saturated rings. The summed E-state index contributed by atoms with van der Waals surface area (Å²) in [6.45, 7) is 1.79. The van der Waals surface area contributed by atoms with E-state index in [9.17, 15) is 13.8 Å². The van der Waals surface area contributed by atoms with E-state index in [1.54, 1.807) is 67.6 Å². The van der Waals surface area contributed by atoms with E-state index in [0.717, 1.165) is 5.56 Å². The number of benzene rings is 3. The van der Waals surface area contributed by atoms with Gasteiger partial charge in [0.2, 0.25) is 0 Å². The average molecular weight is 394 g/mol. The van der Waals surface area contributed by atoms with Crippen LogP contribution in [0.25, 0.3) is 0 Å². The summed E-state index contributed by atoms with van der Waals surface area (Å²) >= 11 is -2.54. The second-order valence-electron chi connectivity index (χ2n) is 6.24. The minimum absolute atomic E-state index is 0.0495. The van der Waals surface area contributed by atoms with Crippen molar-refractivity contribution in [3.8, 4) is 17.2 Å². The number of fused-ring (bicyclic) bond motifs is 2. The maximum absolute atomic E-state index is 13.0. The van der Waals surface area contributed by atoms with Gasteiger partial charge in [0.1, 0.15) is 5.75 Å². The smallest absolute Gasteiger partial charge is 0.357 e.